The van der Waals surface area contributed by atoms with Crippen LogP contribution in [0.15, 0.2) is 60.8 Å². The summed E-state index contributed by atoms with van der Waals surface area (Å²) < 4.78 is 1.97. The van der Waals surface area contributed by atoms with Crippen LogP contribution in [0.2, 0.25) is 0 Å². The van der Waals surface area contributed by atoms with Gasteiger partial charge in [-0.1, -0.05) is 48.5 Å². The van der Waals surface area contributed by atoms with Gasteiger partial charge in [0, 0.05) is 55.6 Å². The summed E-state index contributed by atoms with van der Waals surface area (Å²) in [5, 5.41) is 0.964. The van der Waals surface area contributed by atoms with Crippen molar-refractivity contribution < 1.29 is 9.59 Å². The van der Waals surface area contributed by atoms with Gasteiger partial charge in [0.2, 0.25) is 5.91 Å². The fourth-order valence-electron chi connectivity index (χ4n) is 4.26. The molecule has 4 rings (SSSR count). The van der Waals surface area contributed by atoms with Crippen LogP contribution in [0.4, 0.5) is 0 Å². The van der Waals surface area contributed by atoms with Crippen LogP contribution in [0.5, 0.6) is 0 Å². The number of para-hydroxylation sites is 1. The summed E-state index contributed by atoms with van der Waals surface area (Å²) in [5.74, 6) is 0.673. The Morgan fingerprint density at radius 1 is 0.929 bits per heavy atom. The van der Waals surface area contributed by atoms with Crippen molar-refractivity contribution >= 4 is 22.6 Å². The molecule has 1 aliphatic heterocycles. The number of fused-ring (bicyclic) bond motifs is 1. The lowest BCUT2D eigenvalue weighted by molar-refractivity contribution is -0.132. The van der Waals surface area contributed by atoms with Crippen LogP contribution < -0.4 is 0 Å². The first-order valence-electron chi connectivity index (χ1n) is 10.0. The Morgan fingerprint density at radius 3 is 2.36 bits per heavy atom. The predicted molar refractivity (Wildman–Crippen MR) is 111 cm³/mol. The van der Waals surface area contributed by atoms with E-state index in [9.17, 15) is 9.59 Å². The highest BCUT2D eigenvalue weighted by atomic mass is 16.2. The van der Waals surface area contributed by atoms with Crippen LogP contribution in [-0.2, 0) is 11.8 Å². The van der Waals surface area contributed by atoms with Gasteiger partial charge in [0.25, 0.3) is 0 Å². The van der Waals surface area contributed by atoms with Gasteiger partial charge in [-0.2, -0.15) is 0 Å². The van der Waals surface area contributed by atoms with E-state index in [0.717, 1.165) is 36.8 Å². The van der Waals surface area contributed by atoms with E-state index >= 15 is 0 Å². The van der Waals surface area contributed by atoms with E-state index in [1.807, 2.05) is 53.0 Å². The largest absolute Gasteiger partial charge is 0.350 e. The minimum Gasteiger partial charge on any atom is -0.350 e. The molecule has 1 aliphatic rings. The summed E-state index contributed by atoms with van der Waals surface area (Å²) in [7, 11) is 1.95. The molecule has 4 heteroatoms. The smallest absolute Gasteiger partial charge is 0.223 e. The molecule has 28 heavy (non-hydrogen) atoms. The number of carbonyl (C=O) groups excluding carboxylic acids is 2. The Kier molecular flexibility index (Phi) is 5.29. The normalized spacial score (nSPS) is 15.1. The van der Waals surface area contributed by atoms with Crippen LogP contribution in [0.1, 0.15) is 47.5 Å². The van der Waals surface area contributed by atoms with Crippen LogP contribution in [0.25, 0.3) is 10.9 Å². The number of carbonyl (C=O) groups is 2. The molecular formula is C24H26N2O2. The van der Waals surface area contributed by atoms with Crippen molar-refractivity contribution in [1.82, 2.24) is 9.47 Å². The number of piperidine rings is 1. The molecule has 4 nitrogen and oxygen atoms in total. The number of Topliss-reactive ketones (excluding diaryl/α,β-unsaturated/α-hetero) is 1. The molecule has 0 N–H and O–H groups in total. The van der Waals surface area contributed by atoms with E-state index in [-0.39, 0.29) is 24.5 Å². The zero-order valence-corrected chi connectivity index (χ0v) is 16.3. The average Bonchev–Trinajstić information content (AvgIpc) is 3.09. The summed E-state index contributed by atoms with van der Waals surface area (Å²) in [6, 6.07) is 18.4. The van der Waals surface area contributed by atoms with Crippen LogP contribution in [-0.4, -0.2) is 34.2 Å². The van der Waals surface area contributed by atoms with Gasteiger partial charge < -0.3 is 9.47 Å². The lowest BCUT2D eigenvalue weighted by atomic mass is 9.89. The number of likely N-dealkylation sites (tertiary alicyclic amines) is 1. The minimum absolute atomic E-state index is 0.0457. The highest BCUT2D eigenvalue weighted by Crippen LogP contribution is 2.28. The molecule has 0 saturated carbocycles. The fraction of sp³-hybridized carbons (Fsp3) is 0.333. The number of aryl methyl sites for hydroxylation is 1. The molecule has 2 aromatic carbocycles. The summed E-state index contributed by atoms with van der Waals surface area (Å²) >= 11 is 0. The topological polar surface area (TPSA) is 42.3 Å². The molecule has 0 aliphatic carbocycles. The van der Waals surface area contributed by atoms with Crippen LogP contribution >= 0.6 is 0 Å². The Labute approximate surface area is 165 Å². The molecule has 0 spiro atoms. The molecule has 2 heterocycles. The van der Waals surface area contributed by atoms with E-state index in [0.29, 0.717) is 11.5 Å². The van der Waals surface area contributed by atoms with Gasteiger partial charge in [0.15, 0.2) is 5.78 Å². The second kappa shape index (κ2) is 8.01. The highest BCUT2D eigenvalue weighted by molar-refractivity contribution is 6.08. The zero-order valence-electron chi connectivity index (χ0n) is 16.3. The number of benzene rings is 2. The molecule has 0 unspecified atom stereocenters. The lowest BCUT2D eigenvalue weighted by Crippen LogP contribution is -2.38. The number of amides is 1. The quantitative estimate of drug-likeness (QED) is 0.615. The van der Waals surface area contributed by atoms with E-state index < -0.39 is 0 Å². The molecule has 0 radical (unpaired) electrons. The summed E-state index contributed by atoms with van der Waals surface area (Å²) in [6.45, 7) is 1.56. The lowest BCUT2D eigenvalue weighted by Gasteiger charge is -2.32. The molecule has 1 saturated heterocycles. The third-order valence-corrected chi connectivity index (χ3v) is 5.88. The van der Waals surface area contributed by atoms with Gasteiger partial charge >= 0.3 is 0 Å². The SMILES string of the molecule is Cn1cc(C(=O)CCC(=O)N2CCC(c3ccccc3)CC2)c2ccccc21. The van der Waals surface area contributed by atoms with Crippen molar-refractivity contribution in [3.63, 3.8) is 0 Å². The number of hydrogen-bond donors (Lipinski definition) is 0. The van der Waals surface area contributed by atoms with Crippen molar-refractivity contribution in [1.29, 1.82) is 0 Å². The maximum atomic E-state index is 12.7. The van der Waals surface area contributed by atoms with Crippen molar-refractivity contribution in [2.24, 2.45) is 7.05 Å². The van der Waals surface area contributed by atoms with E-state index in [1.165, 1.54) is 5.56 Å². The number of ketones is 1. The maximum absolute atomic E-state index is 12.7. The van der Waals surface area contributed by atoms with E-state index in [1.54, 1.807) is 0 Å². The molecule has 3 aromatic rings. The van der Waals surface area contributed by atoms with Gasteiger partial charge in [-0.05, 0) is 30.4 Å². The van der Waals surface area contributed by atoms with Crippen LogP contribution in [0.3, 0.4) is 0 Å². The van der Waals surface area contributed by atoms with Gasteiger partial charge in [-0.25, -0.2) is 0 Å². The molecule has 0 atom stereocenters. The Morgan fingerprint density at radius 2 is 1.61 bits per heavy atom. The number of aromatic nitrogens is 1. The molecule has 1 aromatic heterocycles. The van der Waals surface area contributed by atoms with Gasteiger partial charge in [-0.3, -0.25) is 9.59 Å². The molecule has 0 bridgehead atoms. The van der Waals surface area contributed by atoms with Crippen molar-refractivity contribution in [3.8, 4) is 0 Å². The summed E-state index contributed by atoms with van der Waals surface area (Å²) in [4.78, 5) is 27.3. The zero-order chi connectivity index (χ0) is 19.5. The Hall–Kier alpha value is -2.88. The molecule has 1 fully saturated rings. The third-order valence-electron chi connectivity index (χ3n) is 5.88. The first-order valence-corrected chi connectivity index (χ1v) is 10.0. The standard InChI is InChI=1S/C24H26N2O2/c1-25-17-21(20-9-5-6-10-22(20)25)23(27)11-12-24(28)26-15-13-19(14-16-26)18-7-3-2-4-8-18/h2-10,17,19H,11-16H2,1H3. The molecule has 1 amide bonds. The first-order chi connectivity index (χ1) is 13.6. The number of rotatable bonds is 5. The highest BCUT2D eigenvalue weighted by Gasteiger charge is 2.24. The Balaban J connectivity index is 1.33. The first kappa shape index (κ1) is 18.5. The predicted octanol–water partition coefficient (Wildman–Crippen LogP) is 4.55. The third kappa shape index (κ3) is 3.72. The monoisotopic (exact) mass is 374 g/mol. The minimum atomic E-state index is 0.0457. The van der Waals surface area contributed by atoms with E-state index in [2.05, 4.69) is 24.3 Å². The second-order valence-electron chi connectivity index (χ2n) is 7.66. The van der Waals surface area contributed by atoms with Crippen LogP contribution in [0, 0.1) is 0 Å². The van der Waals surface area contributed by atoms with Gasteiger partial charge in [0.1, 0.15) is 0 Å². The average molecular weight is 374 g/mol. The van der Waals surface area contributed by atoms with Gasteiger partial charge in [0.05, 0.1) is 0 Å². The molecular weight excluding hydrogens is 348 g/mol. The Bertz CT molecular complexity index is 982. The number of nitrogens with zero attached hydrogens (tertiary/aromatic N) is 2. The fourth-order valence-corrected chi connectivity index (χ4v) is 4.26. The maximum Gasteiger partial charge on any atom is 0.223 e. The second-order valence-corrected chi connectivity index (χ2v) is 7.66. The van der Waals surface area contributed by atoms with E-state index in [4.69, 9.17) is 0 Å². The van der Waals surface area contributed by atoms with Crippen molar-refractivity contribution in [3.05, 3.63) is 71.9 Å². The summed E-state index contributed by atoms with van der Waals surface area (Å²) in [5.41, 5.74) is 3.12. The molecule has 144 valence electrons. The summed E-state index contributed by atoms with van der Waals surface area (Å²) in [6.07, 6.45) is 4.42. The number of hydrogen-bond acceptors (Lipinski definition) is 2. The van der Waals surface area contributed by atoms with Crippen molar-refractivity contribution in [2.75, 3.05) is 13.1 Å². The van der Waals surface area contributed by atoms with Crippen molar-refractivity contribution in [2.45, 2.75) is 31.6 Å². The van der Waals surface area contributed by atoms with Gasteiger partial charge in [-0.15, -0.1) is 0 Å².